The van der Waals surface area contributed by atoms with Crippen LogP contribution in [0.3, 0.4) is 0 Å². The van der Waals surface area contributed by atoms with Crippen LogP contribution in [-0.2, 0) is 9.59 Å². The van der Waals surface area contributed by atoms with E-state index in [9.17, 15) is 9.59 Å². The second kappa shape index (κ2) is 8.06. The summed E-state index contributed by atoms with van der Waals surface area (Å²) in [4.78, 5) is 25.6. The summed E-state index contributed by atoms with van der Waals surface area (Å²) < 4.78 is 11.1. The molecule has 3 aromatic carbocycles. The van der Waals surface area contributed by atoms with Gasteiger partial charge in [0.25, 0.3) is 11.8 Å². The molecule has 0 aliphatic carbocycles. The highest BCUT2D eigenvalue weighted by molar-refractivity contribution is 6.01. The Labute approximate surface area is 168 Å². The van der Waals surface area contributed by atoms with Crippen LogP contribution in [0.25, 0.3) is 11.1 Å². The Balaban J connectivity index is 1.38. The fourth-order valence-electron chi connectivity index (χ4n) is 3.11. The molecule has 0 aromatic heterocycles. The number of hydrogen-bond donors (Lipinski definition) is 1. The lowest BCUT2D eigenvalue weighted by Crippen LogP contribution is -2.36. The normalized spacial score (nSPS) is 12.7. The van der Waals surface area contributed by atoms with Crippen molar-refractivity contribution in [3.63, 3.8) is 0 Å². The largest absolute Gasteiger partial charge is 0.484 e. The van der Waals surface area contributed by atoms with Crippen LogP contribution in [0.15, 0.2) is 72.8 Å². The molecule has 6 nitrogen and oxygen atoms in total. The first-order valence-corrected chi connectivity index (χ1v) is 9.22. The fourth-order valence-corrected chi connectivity index (χ4v) is 3.11. The molecule has 0 atom stereocenters. The van der Waals surface area contributed by atoms with E-state index in [0.29, 0.717) is 22.9 Å². The van der Waals surface area contributed by atoms with Gasteiger partial charge in [-0.15, -0.1) is 0 Å². The van der Waals surface area contributed by atoms with Gasteiger partial charge in [0.05, 0.1) is 11.4 Å². The third-order valence-electron chi connectivity index (χ3n) is 4.68. The first kappa shape index (κ1) is 18.6. The van der Waals surface area contributed by atoms with Gasteiger partial charge >= 0.3 is 0 Å². The number of amides is 2. The number of nitrogens with one attached hydrogen (secondary N) is 1. The molecule has 2 amide bonds. The standard InChI is InChI=1S/C23H20N2O4/c1-25-20-9-5-8-19(23(20)29-15-22(25)27)24-21(26)14-28-18-12-10-17(11-13-18)16-6-3-2-4-7-16/h2-13H,14-15H2,1H3,(H,24,26). The van der Waals surface area contributed by atoms with Crippen molar-refractivity contribution in [1.82, 2.24) is 0 Å². The molecule has 29 heavy (non-hydrogen) atoms. The zero-order valence-electron chi connectivity index (χ0n) is 15.9. The number of ether oxygens (including phenoxy) is 2. The summed E-state index contributed by atoms with van der Waals surface area (Å²) in [6.45, 7) is -0.191. The summed E-state index contributed by atoms with van der Waals surface area (Å²) in [5.41, 5.74) is 3.33. The average Bonchev–Trinajstić information content (AvgIpc) is 2.76. The van der Waals surface area contributed by atoms with Gasteiger partial charge < -0.3 is 19.7 Å². The van der Waals surface area contributed by atoms with Crippen LogP contribution >= 0.6 is 0 Å². The molecule has 1 aliphatic rings. The average molecular weight is 388 g/mol. The van der Waals surface area contributed by atoms with Crippen molar-refractivity contribution in [3.05, 3.63) is 72.8 Å². The van der Waals surface area contributed by atoms with E-state index in [1.54, 1.807) is 25.2 Å². The monoisotopic (exact) mass is 388 g/mol. The summed E-state index contributed by atoms with van der Waals surface area (Å²) in [5, 5.41) is 2.79. The summed E-state index contributed by atoms with van der Waals surface area (Å²) in [7, 11) is 1.68. The predicted octanol–water partition coefficient (Wildman–Crippen LogP) is 3.73. The van der Waals surface area contributed by atoms with E-state index >= 15 is 0 Å². The molecule has 146 valence electrons. The second-order valence-electron chi connectivity index (χ2n) is 6.62. The molecule has 0 radical (unpaired) electrons. The highest BCUT2D eigenvalue weighted by Crippen LogP contribution is 2.37. The van der Waals surface area contributed by atoms with E-state index in [1.807, 2.05) is 54.6 Å². The van der Waals surface area contributed by atoms with Crippen molar-refractivity contribution in [2.75, 3.05) is 30.5 Å². The van der Waals surface area contributed by atoms with Gasteiger partial charge in [0.2, 0.25) is 0 Å². The lowest BCUT2D eigenvalue weighted by molar-refractivity contribution is -0.121. The van der Waals surface area contributed by atoms with E-state index in [4.69, 9.17) is 9.47 Å². The smallest absolute Gasteiger partial charge is 0.264 e. The predicted molar refractivity (Wildman–Crippen MR) is 111 cm³/mol. The summed E-state index contributed by atoms with van der Waals surface area (Å²) in [5.74, 6) is 0.642. The second-order valence-corrected chi connectivity index (χ2v) is 6.62. The fraction of sp³-hybridized carbons (Fsp3) is 0.130. The van der Waals surface area contributed by atoms with Gasteiger partial charge in [-0.3, -0.25) is 9.59 Å². The lowest BCUT2D eigenvalue weighted by atomic mass is 10.1. The minimum atomic E-state index is -0.311. The molecule has 3 aromatic rings. The van der Waals surface area contributed by atoms with Crippen molar-refractivity contribution in [3.8, 4) is 22.6 Å². The number of fused-ring (bicyclic) bond motifs is 1. The molecule has 1 aliphatic heterocycles. The van der Waals surface area contributed by atoms with Crippen LogP contribution in [0.1, 0.15) is 0 Å². The maximum Gasteiger partial charge on any atom is 0.264 e. The summed E-state index contributed by atoms with van der Waals surface area (Å²) in [6, 6.07) is 22.9. The Bertz CT molecular complexity index is 1030. The Morgan fingerprint density at radius 3 is 2.48 bits per heavy atom. The van der Waals surface area contributed by atoms with Gasteiger partial charge in [-0.25, -0.2) is 0 Å². The number of carbonyl (C=O) groups is 2. The van der Waals surface area contributed by atoms with Gasteiger partial charge in [0.15, 0.2) is 19.0 Å². The molecule has 4 rings (SSSR count). The first-order chi connectivity index (χ1) is 14.1. The van der Waals surface area contributed by atoms with E-state index in [1.165, 1.54) is 4.90 Å². The highest BCUT2D eigenvalue weighted by atomic mass is 16.5. The first-order valence-electron chi connectivity index (χ1n) is 9.22. The van der Waals surface area contributed by atoms with Crippen LogP contribution in [0, 0.1) is 0 Å². The molecule has 1 N–H and O–H groups in total. The Hall–Kier alpha value is -3.80. The SMILES string of the molecule is CN1C(=O)COc2c(NC(=O)COc3ccc(-c4ccccc4)cc3)cccc21. The van der Waals surface area contributed by atoms with E-state index < -0.39 is 0 Å². The minimum absolute atomic E-state index is 0.0549. The Morgan fingerprint density at radius 2 is 1.72 bits per heavy atom. The number of benzene rings is 3. The van der Waals surface area contributed by atoms with E-state index in [-0.39, 0.29) is 25.0 Å². The van der Waals surface area contributed by atoms with Crippen molar-refractivity contribution in [2.24, 2.45) is 0 Å². The number of para-hydroxylation sites is 1. The van der Waals surface area contributed by atoms with Gasteiger partial charge in [0.1, 0.15) is 5.75 Å². The summed E-state index contributed by atoms with van der Waals surface area (Å²) in [6.07, 6.45) is 0. The number of carbonyl (C=O) groups excluding carboxylic acids is 2. The number of rotatable bonds is 5. The number of anilines is 2. The van der Waals surface area contributed by atoms with E-state index in [0.717, 1.165) is 11.1 Å². The van der Waals surface area contributed by atoms with Crippen molar-refractivity contribution < 1.29 is 19.1 Å². The van der Waals surface area contributed by atoms with Crippen LogP contribution in [0.2, 0.25) is 0 Å². The maximum absolute atomic E-state index is 12.3. The number of nitrogens with zero attached hydrogens (tertiary/aromatic N) is 1. The Morgan fingerprint density at radius 1 is 1.00 bits per heavy atom. The quantitative estimate of drug-likeness (QED) is 0.723. The van der Waals surface area contributed by atoms with Gasteiger partial charge in [-0.2, -0.15) is 0 Å². The lowest BCUT2D eigenvalue weighted by Gasteiger charge is -2.27. The van der Waals surface area contributed by atoms with Gasteiger partial charge in [-0.1, -0.05) is 48.5 Å². The zero-order chi connectivity index (χ0) is 20.2. The molecular weight excluding hydrogens is 368 g/mol. The molecule has 1 heterocycles. The molecule has 0 spiro atoms. The Kier molecular flexibility index (Phi) is 5.16. The molecule has 0 unspecified atom stereocenters. The van der Waals surface area contributed by atoms with E-state index in [2.05, 4.69) is 5.32 Å². The maximum atomic E-state index is 12.3. The van der Waals surface area contributed by atoms with Crippen molar-refractivity contribution in [2.45, 2.75) is 0 Å². The topological polar surface area (TPSA) is 67.9 Å². The molecule has 0 saturated heterocycles. The van der Waals surface area contributed by atoms with Crippen LogP contribution in [0.5, 0.6) is 11.5 Å². The molecule has 0 fully saturated rings. The molecular formula is C23H20N2O4. The molecule has 0 bridgehead atoms. The van der Waals surface area contributed by atoms with Gasteiger partial charge in [-0.05, 0) is 35.4 Å². The van der Waals surface area contributed by atoms with Crippen molar-refractivity contribution in [1.29, 1.82) is 0 Å². The zero-order valence-corrected chi connectivity index (χ0v) is 15.9. The third-order valence-corrected chi connectivity index (χ3v) is 4.68. The number of likely N-dealkylation sites (N-methyl/N-ethyl adjacent to an activating group) is 1. The van der Waals surface area contributed by atoms with Crippen molar-refractivity contribution >= 4 is 23.2 Å². The van der Waals surface area contributed by atoms with Gasteiger partial charge in [0, 0.05) is 7.05 Å². The molecule has 0 saturated carbocycles. The summed E-state index contributed by atoms with van der Waals surface area (Å²) >= 11 is 0. The van der Waals surface area contributed by atoms with Crippen LogP contribution in [-0.4, -0.2) is 32.1 Å². The highest BCUT2D eigenvalue weighted by Gasteiger charge is 2.25. The van der Waals surface area contributed by atoms with Crippen LogP contribution in [0.4, 0.5) is 11.4 Å². The number of hydrogen-bond acceptors (Lipinski definition) is 4. The molecule has 6 heteroatoms. The van der Waals surface area contributed by atoms with Crippen LogP contribution < -0.4 is 19.7 Å². The minimum Gasteiger partial charge on any atom is -0.484 e. The third kappa shape index (κ3) is 4.06.